The third-order valence-corrected chi connectivity index (χ3v) is 3.72. The van der Waals surface area contributed by atoms with Crippen molar-refractivity contribution in [2.45, 2.75) is 18.8 Å². The minimum Gasteiger partial charge on any atom is -0.464 e. The van der Waals surface area contributed by atoms with E-state index in [9.17, 15) is 31.1 Å². The molecule has 2 rings (SSSR count). The van der Waals surface area contributed by atoms with Crippen molar-refractivity contribution < 1.29 is 35.9 Å². The van der Waals surface area contributed by atoms with Crippen molar-refractivity contribution in [3.63, 3.8) is 0 Å². The van der Waals surface area contributed by atoms with Gasteiger partial charge >= 0.3 is 18.3 Å². The van der Waals surface area contributed by atoms with E-state index in [2.05, 4.69) is 14.9 Å². The van der Waals surface area contributed by atoms with Crippen molar-refractivity contribution in [3.8, 4) is 0 Å². The molecule has 0 radical (unpaired) electrons. The van der Waals surface area contributed by atoms with Crippen LogP contribution >= 0.6 is 0 Å². The maximum Gasteiger partial charge on any atom is 0.404 e. The normalized spacial score (nSPS) is 18.1. The maximum absolute atomic E-state index is 13.0. The predicted octanol–water partition coefficient (Wildman–Crippen LogP) is 2.58. The van der Waals surface area contributed by atoms with E-state index in [-0.39, 0.29) is 11.5 Å². The number of halogens is 6. The Kier molecular flexibility index (Phi) is 4.16. The van der Waals surface area contributed by atoms with Crippen molar-refractivity contribution >= 4 is 11.8 Å². The van der Waals surface area contributed by atoms with Gasteiger partial charge in [-0.2, -0.15) is 26.3 Å². The summed E-state index contributed by atoms with van der Waals surface area (Å²) in [6, 6.07) is 2.25. The lowest BCUT2D eigenvalue weighted by atomic mass is 9.85. The van der Waals surface area contributed by atoms with Crippen LogP contribution in [0.1, 0.15) is 16.9 Å². The van der Waals surface area contributed by atoms with E-state index < -0.39 is 43.2 Å². The van der Waals surface area contributed by atoms with Crippen LogP contribution < -0.4 is 4.90 Å². The van der Waals surface area contributed by atoms with Crippen LogP contribution in [0.5, 0.6) is 0 Å². The predicted molar refractivity (Wildman–Crippen MR) is 64.7 cm³/mol. The van der Waals surface area contributed by atoms with E-state index in [4.69, 9.17) is 0 Å². The molecule has 1 saturated heterocycles. The van der Waals surface area contributed by atoms with Gasteiger partial charge in [0.05, 0.1) is 7.11 Å². The summed E-state index contributed by atoms with van der Waals surface area (Å²) in [5.41, 5.74) is -4.00. The molecule has 0 aliphatic carbocycles. The number of aromatic nitrogens is 2. The highest BCUT2D eigenvalue weighted by atomic mass is 19.4. The maximum atomic E-state index is 13.0. The highest BCUT2D eigenvalue weighted by Crippen LogP contribution is 2.55. The first-order valence-corrected chi connectivity index (χ1v) is 6.32. The number of esters is 1. The van der Waals surface area contributed by atoms with Crippen LogP contribution in [-0.4, -0.2) is 48.7 Å². The molecule has 5 nitrogen and oxygen atoms in total. The van der Waals surface area contributed by atoms with Gasteiger partial charge in [-0.25, -0.2) is 4.79 Å². The zero-order valence-corrected chi connectivity index (χ0v) is 11.7. The topological polar surface area (TPSA) is 55.3 Å². The number of nitrogens with zero attached hydrogens (tertiary/aromatic N) is 3. The second-order valence-electron chi connectivity index (χ2n) is 5.02. The number of hydrogen-bond donors (Lipinski definition) is 0. The van der Waals surface area contributed by atoms with Crippen LogP contribution in [0.25, 0.3) is 0 Å². The fraction of sp³-hybridized carbons (Fsp3) is 0.583. The van der Waals surface area contributed by atoms with E-state index >= 15 is 0 Å². The highest BCUT2D eigenvalue weighted by molar-refractivity contribution is 5.86. The molecule has 0 amide bonds. The number of carbonyl (C=O) groups excluding carboxylic acids is 1. The lowest BCUT2D eigenvalue weighted by Gasteiger charge is -2.33. The molecule has 0 bridgehead atoms. The largest absolute Gasteiger partial charge is 0.464 e. The van der Waals surface area contributed by atoms with Crippen LogP contribution in [-0.2, 0) is 4.74 Å². The smallest absolute Gasteiger partial charge is 0.404 e. The Morgan fingerprint density at radius 1 is 1.17 bits per heavy atom. The van der Waals surface area contributed by atoms with Gasteiger partial charge in [-0.3, -0.25) is 0 Å². The number of alkyl halides is 6. The molecule has 0 unspecified atom stereocenters. The summed E-state index contributed by atoms with van der Waals surface area (Å²) >= 11 is 0. The van der Waals surface area contributed by atoms with E-state index in [1.807, 2.05) is 0 Å². The molecule has 128 valence electrons. The number of methoxy groups -OCH3 is 1. The molecule has 1 aromatic heterocycles. The summed E-state index contributed by atoms with van der Waals surface area (Å²) in [5.74, 6) is -0.988. The number of hydrogen-bond acceptors (Lipinski definition) is 5. The lowest BCUT2D eigenvalue weighted by molar-refractivity contribution is -0.332. The average Bonchev–Trinajstić information content (AvgIpc) is 2.92. The summed E-state index contributed by atoms with van der Waals surface area (Å²) in [6.07, 6.45) is -12.0. The first-order valence-electron chi connectivity index (χ1n) is 6.32. The minimum absolute atomic E-state index is 0.173. The fourth-order valence-electron chi connectivity index (χ4n) is 2.34. The van der Waals surface area contributed by atoms with Gasteiger partial charge in [0.2, 0.25) is 0 Å². The first kappa shape index (κ1) is 17.3. The molecule has 23 heavy (non-hydrogen) atoms. The molecule has 0 spiro atoms. The van der Waals surface area contributed by atoms with Gasteiger partial charge in [0, 0.05) is 13.1 Å². The lowest BCUT2D eigenvalue weighted by Crippen LogP contribution is -2.51. The Bertz CT molecular complexity index is 570. The molecule has 1 aromatic rings. The molecule has 0 N–H and O–H groups in total. The van der Waals surface area contributed by atoms with E-state index in [1.54, 1.807) is 0 Å². The zero-order chi connectivity index (χ0) is 17.5. The average molecular weight is 343 g/mol. The van der Waals surface area contributed by atoms with Gasteiger partial charge in [-0.1, -0.05) is 0 Å². The van der Waals surface area contributed by atoms with Crippen LogP contribution in [0.3, 0.4) is 0 Å². The third kappa shape index (κ3) is 2.91. The van der Waals surface area contributed by atoms with Gasteiger partial charge in [0.15, 0.2) is 16.9 Å². The molecule has 0 aromatic carbocycles. The molecule has 2 heterocycles. The zero-order valence-electron chi connectivity index (χ0n) is 11.7. The summed E-state index contributed by atoms with van der Waals surface area (Å²) in [7, 11) is 1.10. The molecular formula is C12H11F6N3O2. The summed E-state index contributed by atoms with van der Waals surface area (Å²) < 4.78 is 82.2. The number of anilines is 1. The number of ether oxygens (including phenoxy) is 1. The summed E-state index contributed by atoms with van der Waals surface area (Å²) in [5, 5.41) is 6.94. The van der Waals surface area contributed by atoms with E-state index in [0.29, 0.717) is 0 Å². The minimum atomic E-state index is -5.43. The molecule has 1 aliphatic rings. The van der Waals surface area contributed by atoms with Crippen molar-refractivity contribution in [3.05, 3.63) is 17.8 Å². The monoisotopic (exact) mass is 343 g/mol. The second kappa shape index (κ2) is 5.53. The van der Waals surface area contributed by atoms with Crippen LogP contribution in [0.4, 0.5) is 32.2 Å². The molecule has 11 heteroatoms. The Morgan fingerprint density at radius 2 is 1.78 bits per heavy atom. The van der Waals surface area contributed by atoms with Gasteiger partial charge in [-0.15, -0.1) is 10.2 Å². The van der Waals surface area contributed by atoms with Crippen molar-refractivity contribution in [2.75, 3.05) is 25.1 Å². The molecule has 1 aliphatic heterocycles. The summed E-state index contributed by atoms with van der Waals surface area (Å²) in [4.78, 5) is 12.0. The summed E-state index contributed by atoms with van der Waals surface area (Å²) in [6.45, 7) is -1.78. The van der Waals surface area contributed by atoms with Crippen LogP contribution in [0.15, 0.2) is 12.1 Å². The standard InChI is InChI=1S/C12H11F6N3O2/c1-23-9(22)7-2-3-8(20-19-7)21-5-4-10(6-21,11(13,14)15)12(16,17)18/h2-3H,4-6H2,1H3. The quantitative estimate of drug-likeness (QED) is 0.610. The van der Waals surface area contributed by atoms with Crippen molar-refractivity contribution in [2.24, 2.45) is 5.41 Å². The molecule has 0 atom stereocenters. The Morgan fingerprint density at radius 3 is 2.17 bits per heavy atom. The second-order valence-corrected chi connectivity index (χ2v) is 5.02. The van der Waals surface area contributed by atoms with Gasteiger partial charge in [0.25, 0.3) is 0 Å². The Hall–Kier alpha value is -2.07. The number of carbonyl (C=O) groups is 1. The van der Waals surface area contributed by atoms with Gasteiger partial charge < -0.3 is 9.64 Å². The number of rotatable bonds is 2. The van der Waals surface area contributed by atoms with Crippen molar-refractivity contribution in [1.29, 1.82) is 0 Å². The van der Waals surface area contributed by atoms with E-state index in [0.717, 1.165) is 24.1 Å². The third-order valence-electron chi connectivity index (χ3n) is 3.72. The van der Waals surface area contributed by atoms with Crippen molar-refractivity contribution in [1.82, 2.24) is 10.2 Å². The Balaban J connectivity index is 2.26. The molecular weight excluding hydrogens is 332 g/mol. The molecule has 1 fully saturated rings. The van der Waals surface area contributed by atoms with E-state index in [1.165, 1.54) is 0 Å². The Labute approximate surface area is 126 Å². The fourth-order valence-corrected chi connectivity index (χ4v) is 2.34. The van der Waals surface area contributed by atoms with Gasteiger partial charge in [0.1, 0.15) is 0 Å². The SMILES string of the molecule is COC(=O)c1ccc(N2CCC(C(F)(F)F)(C(F)(F)F)C2)nn1. The highest BCUT2D eigenvalue weighted by Gasteiger charge is 2.72. The van der Waals surface area contributed by atoms with Crippen LogP contribution in [0.2, 0.25) is 0 Å². The molecule has 0 saturated carbocycles. The van der Waals surface area contributed by atoms with Crippen LogP contribution in [0, 0.1) is 5.41 Å². The first-order chi connectivity index (χ1) is 10.5. The van der Waals surface area contributed by atoms with Gasteiger partial charge in [-0.05, 0) is 18.6 Å².